The van der Waals surface area contributed by atoms with Gasteiger partial charge in [-0.3, -0.25) is 0 Å². The van der Waals surface area contributed by atoms with Crippen LogP contribution in [0.4, 0.5) is 0 Å². The molecule has 0 aliphatic carbocycles. The summed E-state index contributed by atoms with van der Waals surface area (Å²) >= 11 is 9.12. The second kappa shape index (κ2) is 3.73. The van der Waals surface area contributed by atoms with Gasteiger partial charge in [-0.2, -0.15) is 0 Å². The van der Waals surface area contributed by atoms with Crippen molar-refractivity contribution in [2.45, 2.75) is 30.5 Å². The highest BCUT2D eigenvalue weighted by atomic mass is 79.9. The molecule has 0 aromatic rings. The molecule has 0 bridgehead atoms. The smallest absolute Gasteiger partial charge is 0.0455 e. The van der Waals surface area contributed by atoms with Crippen molar-refractivity contribution in [3.8, 4) is 0 Å². The summed E-state index contributed by atoms with van der Waals surface area (Å²) in [6, 6.07) is 0. The summed E-state index contributed by atoms with van der Waals surface area (Å²) in [5, 5.41) is 0.292. The monoisotopic (exact) mass is 184 g/mol. The van der Waals surface area contributed by atoms with Gasteiger partial charge in [0.25, 0.3) is 0 Å². The van der Waals surface area contributed by atoms with Crippen LogP contribution in [0.5, 0.6) is 0 Å². The SMILES string of the molecule is CCC(Cl)[C@H](C)Br. The van der Waals surface area contributed by atoms with Crippen molar-refractivity contribution in [2.24, 2.45) is 0 Å². The lowest BCUT2D eigenvalue weighted by Gasteiger charge is -2.06. The van der Waals surface area contributed by atoms with E-state index in [1.165, 1.54) is 0 Å². The first-order chi connectivity index (χ1) is 3.18. The Balaban J connectivity index is 3.14. The fourth-order valence-corrected chi connectivity index (χ4v) is 0.699. The van der Waals surface area contributed by atoms with Crippen molar-refractivity contribution in [3.63, 3.8) is 0 Å². The largest absolute Gasteiger partial charge is 0.122 e. The van der Waals surface area contributed by atoms with E-state index in [2.05, 4.69) is 29.8 Å². The number of hydrogen-bond acceptors (Lipinski definition) is 0. The van der Waals surface area contributed by atoms with Crippen LogP contribution in [0.15, 0.2) is 0 Å². The Morgan fingerprint density at radius 3 is 2.14 bits per heavy atom. The molecule has 0 fully saturated rings. The molecular formula is C5H10BrCl. The molecule has 0 aliphatic heterocycles. The van der Waals surface area contributed by atoms with Gasteiger partial charge >= 0.3 is 0 Å². The van der Waals surface area contributed by atoms with E-state index in [9.17, 15) is 0 Å². The third kappa shape index (κ3) is 3.36. The average molecular weight is 185 g/mol. The summed E-state index contributed by atoms with van der Waals surface area (Å²) in [5.41, 5.74) is 0. The van der Waals surface area contributed by atoms with Crippen molar-refractivity contribution in [3.05, 3.63) is 0 Å². The molecule has 0 heterocycles. The fraction of sp³-hybridized carbons (Fsp3) is 1.00. The van der Waals surface area contributed by atoms with Crippen molar-refractivity contribution < 1.29 is 0 Å². The summed E-state index contributed by atoms with van der Waals surface area (Å²) in [7, 11) is 0. The number of hydrogen-bond donors (Lipinski definition) is 0. The van der Waals surface area contributed by atoms with E-state index in [1.807, 2.05) is 0 Å². The Morgan fingerprint density at radius 1 is 1.71 bits per heavy atom. The fourth-order valence-electron chi connectivity index (χ4n) is 0.325. The molecule has 0 saturated carbocycles. The van der Waals surface area contributed by atoms with Gasteiger partial charge < -0.3 is 0 Å². The molecule has 0 radical (unpaired) electrons. The zero-order chi connectivity index (χ0) is 5.86. The van der Waals surface area contributed by atoms with Crippen LogP contribution in [-0.4, -0.2) is 10.2 Å². The molecule has 0 nitrogen and oxygen atoms in total. The summed E-state index contributed by atoms with van der Waals surface area (Å²) < 4.78 is 0. The van der Waals surface area contributed by atoms with E-state index >= 15 is 0 Å². The Bertz CT molecular complexity index is 45.3. The third-order valence-electron chi connectivity index (χ3n) is 0.888. The molecule has 0 aromatic carbocycles. The molecule has 0 aromatic heterocycles. The molecule has 0 saturated heterocycles. The maximum Gasteiger partial charge on any atom is 0.0455 e. The topological polar surface area (TPSA) is 0 Å². The normalized spacial score (nSPS) is 18.9. The van der Waals surface area contributed by atoms with Crippen LogP contribution >= 0.6 is 27.5 Å². The molecular weight excluding hydrogens is 175 g/mol. The molecule has 7 heavy (non-hydrogen) atoms. The van der Waals surface area contributed by atoms with Crippen molar-refractivity contribution in [1.29, 1.82) is 0 Å². The lowest BCUT2D eigenvalue weighted by molar-refractivity contribution is 0.807. The lowest BCUT2D eigenvalue weighted by atomic mass is 10.3. The van der Waals surface area contributed by atoms with E-state index in [0.29, 0.717) is 10.2 Å². The van der Waals surface area contributed by atoms with Crippen LogP contribution < -0.4 is 0 Å². The number of halogens is 2. The van der Waals surface area contributed by atoms with E-state index in [1.54, 1.807) is 0 Å². The Morgan fingerprint density at radius 2 is 2.14 bits per heavy atom. The molecule has 0 amide bonds. The van der Waals surface area contributed by atoms with Crippen LogP contribution in [0.2, 0.25) is 0 Å². The second-order valence-corrected chi connectivity index (χ2v) is 3.61. The van der Waals surface area contributed by atoms with Crippen LogP contribution in [0.1, 0.15) is 20.3 Å². The van der Waals surface area contributed by atoms with Crippen molar-refractivity contribution in [2.75, 3.05) is 0 Å². The van der Waals surface area contributed by atoms with Gasteiger partial charge in [0.05, 0.1) is 0 Å². The minimum atomic E-state index is 0.292. The third-order valence-corrected chi connectivity index (χ3v) is 2.52. The summed E-state index contributed by atoms with van der Waals surface area (Å²) in [4.78, 5) is 0.444. The van der Waals surface area contributed by atoms with Gasteiger partial charge in [0, 0.05) is 10.2 Å². The molecule has 0 rings (SSSR count). The Kier molecular flexibility index (Phi) is 4.14. The maximum atomic E-state index is 5.75. The van der Waals surface area contributed by atoms with E-state index in [-0.39, 0.29) is 0 Å². The standard InChI is InChI=1S/C5H10BrCl/c1-3-5(7)4(2)6/h4-5H,3H2,1-2H3/t4-,5?/m0/s1. The highest BCUT2D eigenvalue weighted by molar-refractivity contribution is 9.09. The van der Waals surface area contributed by atoms with Crippen molar-refractivity contribution in [1.82, 2.24) is 0 Å². The summed E-state index contributed by atoms with van der Waals surface area (Å²) in [6.45, 7) is 4.14. The van der Waals surface area contributed by atoms with Crippen LogP contribution in [0.25, 0.3) is 0 Å². The molecule has 1 unspecified atom stereocenters. The minimum absolute atomic E-state index is 0.292. The molecule has 0 spiro atoms. The second-order valence-electron chi connectivity index (χ2n) is 1.60. The van der Waals surface area contributed by atoms with E-state index < -0.39 is 0 Å². The van der Waals surface area contributed by atoms with Crippen LogP contribution in [0, 0.1) is 0 Å². The van der Waals surface area contributed by atoms with Gasteiger partial charge in [-0.1, -0.05) is 29.8 Å². The van der Waals surface area contributed by atoms with Gasteiger partial charge in [-0.25, -0.2) is 0 Å². The highest BCUT2D eigenvalue weighted by Gasteiger charge is 2.05. The quantitative estimate of drug-likeness (QED) is 0.581. The van der Waals surface area contributed by atoms with Gasteiger partial charge in [0.15, 0.2) is 0 Å². The maximum absolute atomic E-state index is 5.75. The molecule has 0 aliphatic rings. The van der Waals surface area contributed by atoms with E-state index in [4.69, 9.17) is 11.6 Å². The van der Waals surface area contributed by atoms with Crippen LogP contribution in [-0.2, 0) is 0 Å². The lowest BCUT2D eigenvalue weighted by Crippen LogP contribution is -2.07. The first kappa shape index (κ1) is 7.77. The summed E-state index contributed by atoms with van der Waals surface area (Å²) in [5.74, 6) is 0. The zero-order valence-corrected chi connectivity index (χ0v) is 6.96. The highest BCUT2D eigenvalue weighted by Crippen LogP contribution is 2.13. The van der Waals surface area contributed by atoms with E-state index in [0.717, 1.165) is 6.42 Å². The molecule has 2 atom stereocenters. The minimum Gasteiger partial charge on any atom is -0.122 e. The molecule has 0 N–H and O–H groups in total. The van der Waals surface area contributed by atoms with Gasteiger partial charge in [-0.15, -0.1) is 11.6 Å². The van der Waals surface area contributed by atoms with Gasteiger partial charge in [0.2, 0.25) is 0 Å². The van der Waals surface area contributed by atoms with Crippen molar-refractivity contribution >= 4 is 27.5 Å². The number of rotatable bonds is 2. The first-order valence-corrected chi connectivity index (χ1v) is 3.81. The Labute approximate surface area is 58.4 Å². The van der Waals surface area contributed by atoms with Gasteiger partial charge in [-0.05, 0) is 6.42 Å². The predicted molar refractivity (Wildman–Crippen MR) is 38.3 cm³/mol. The number of alkyl halides is 2. The van der Waals surface area contributed by atoms with Gasteiger partial charge in [0.1, 0.15) is 0 Å². The molecule has 44 valence electrons. The predicted octanol–water partition coefficient (Wildman–Crippen LogP) is 2.79. The Hall–Kier alpha value is 0.770. The molecule has 2 heteroatoms. The van der Waals surface area contributed by atoms with Crippen LogP contribution in [0.3, 0.4) is 0 Å². The average Bonchev–Trinajstić information content (AvgIpc) is 1.65. The zero-order valence-electron chi connectivity index (χ0n) is 4.62. The first-order valence-electron chi connectivity index (χ1n) is 2.46. The summed E-state index contributed by atoms with van der Waals surface area (Å²) in [6.07, 6.45) is 1.04.